The van der Waals surface area contributed by atoms with Gasteiger partial charge < -0.3 is 10.3 Å². The van der Waals surface area contributed by atoms with Crippen LogP contribution in [0.3, 0.4) is 0 Å². The topological polar surface area (TPSA) is 94.3 Å². The van der Waals surface area contributed by atoms with Crippen LogP contribution in [0.5, 0.6) is 0 Å². The van der Waals surface area contributed by atoms with Crippen LogP contribution in [0.15, 0.2) is 54.7 Å². The van der Waals surface area contributed by atoms with Gasteiger partial charge in [0.25, 0.3) is 0 Å². The number of imide groups is 1. The number of amides is 3. The number of hydrogen-bond donors (Lipinski definition) is 3. The van der Waals surface area contributed by atoms with Gasteiger partial charge in [-0.25, -0.2) is 0 Å². The number of H-pyrrole nitrogens is 1. The fraction of sp³-hybridized carbons (Fsp3) is 0.346. The van der Waals surface area contributed by atoms with E-state index in [0.717, 1.165) is 22.0 Å². The molecule has 5 atom stereocenters. The third kappa shape index (κ3) is 2.57. The molecule has 3 aliphatic heterocycles. The molecule has 1 aromatic heterocycles. The van der Waals surface area contributed by atoms with Crippen molar-refractivity contribution in [1.82, 2.24) is 15.2 Å². The van der Waals surface area contributed by atoms with Crippen LogP contribution in [0.4, 0.5) is 5.69 Å². The minimum atomic E-state index is -1.24. The van der Waals surface area contributed by atoms with Crippen molar-refractivity contribution in [2.24, 2.45) is 11.8 Å². The van der Waals surface area contributed by atoms with E-state index in [2.05, 4.69) is 15.6 Å². The van der Waals surface area contributed by atoms with Crippen LogP contribution in [0.25, 0.3) is 10.9 Å². The van der Waals surface area contributed by atoms with Gasteiger partial charge in [0, 0.05) is 40.4 Å². The van der Waals surface area contributed by atoms with Crippen molar-refractivity contribution in [3.8, 4) is 0 Å². The van der Waals surface area contributed by atoms with Gasteiger partial charge in [-0.3, -0.25) is 24.6 Å². The maximum atomic E-state index is 13.8. The number of para-hydroxylation sites is 2. The van der Waals surface area contributed by atoms with Crippen molar-refractivity contribution < 1.29 is 14.4 Å². The maximum Gasteiger partial charge on any atom is 0.250 e. The van der Waals surface area contributed by atoms with E-state index in [-0.39, 0.29) is 29.8 Å². The Balaban J connectivity index is 1.49. The number of aromatic amines is 1. The van der Waals surface area contributed by atoms with E-state index >= 15 is 0 Å². The second-order valence-corrected chi connectivity index (χ2v) is 9.43. The Kier molecular flexibility index (Phi) is 4.29. The number of nitrogens with zero attached hydrogens (tertiary/aromatic N) is 1. The summed E-state index contributed by atoms with van der Waals surface area (Å²) in [5.74, 6) is -2.05. The Labute approximate surface area is 191 Å². The van der Waals surface area contributed by atoms with E-state index in [1.165, 1.54) is 4.90 Å². The van der Waals surface area contributed by atoms with E-state index in [1.54, 1.807) is 0 Å². The third-order valence-corrected chi connectivity index (χ3v) is 7.80. The van der Waals surface area contributed by atoms with Crippen molar-refractivity contribution >= 4 is 34.3 Å². The maximum absolute atomic E-state index is 13.8. The Bertz CT molecular complexity index is 1310. The highest BCUT2D eigenvalue weighted by molar-refractivity contribution is 6.15. The lowest BCUT2D eigenvalue weighted by Gasteiger charge is -2.31. The van der Waals surface area contributed by atoms with Crippen LogP contribution in [0.2, 0.25) is 0 Å². The molecule has 0 aliphatic carbocycles. The van der Waals surface area contributed by atoms with Gasteiger partial charge in [0.15, 0.2) is 0 Å². The number of rotatable bonds is 4. The van der Waals surface area contributed by atoms with Gasteiger partial charge in [0.1, 0.15) is 5.54 Å². The first-order valence-corrected chi connectivity index (χ1v) is 11.6. The first-order valence-electron chi connectivity index (χ1n) is 11.6. The molecule has 2 aromatic carbocycles. The number of likely N-dealkylation sites (tertiary alicyclic amines) is 1. The Hall–Kier alpha value is -3.45. The number of carbonyl (C=O) groups is 3. The molecule has 0 unspecified atom stereocenters. The molecule has 4 heterocycles. The number of aromatic nitrogens is 1. The van der Waals surface area contributed by atoms with Gasteiger partial charge >= 0.3 is 0 Å². The summed E-state index contributed by atoms with van der Waals surface area (Å²) in [4.78, 5) is 45.6. The lowest BCUT2D eigenvalue weighted by Crippen LogP contribution is -2.54. The van der Waals surface area contributed by atoms with E-state index < -0.39 is 17.4 Å². The molecule has 0 bridgehead atoms. The predicted molar refractivity (Wildman–Crippen MR) is 124 cm³/mol. The second-order valence-electron chi connectivity index (χ2n) is 9.43. The zero-order chi connectivity index (χ0) is 22.9. The zero-order valence-corrected chi connectivity index (χ0v) is 18.6. The highest BCUT2D eigenvalue weighted by Crippen LogP contribution is 2.53. The normalized spacial score (nSPS) is 29.1. The van der Waals surface area contributed by atoms with Gasteiger partial charge in [-0.1, -0.05) is 43.3 Å². The molecule has 3 aromatic rings. The van der Waals surface area contributed by atoms with Gasteiger partial charge in [0.2, 0.25) is 17.7 Å². The zero-order valence-electron chi connectivity index (χ0n) is 18.6. The average Bonchev–Trinajstić information content (AvgIpc) is 3.53. The first kappa shape index (κ1) is 20.2. The first-order chi connectivity index (χ1) is 16.0. The molecule has 0 radical (unpaired) electrons. The van der Waals surface area contributed by atoms with Crippen molar-refractivity contribution in [1.29, 1.82) is 0 Å². The second kappa shape index (κ2) is 7.02. The predicted octanol–water partition coefficient (Wildman–Crippen LogP) is 2.93. The molecule has 2 saturated heterocycles. The number of hydrogen-bond acceptors (Lipinski definition) is 4. The third-order valence-electron chi connectivity index (χ3n) is 7.80. The molecule has 3 aliphatic rings. The molecule has 0 saturated carbocycles. The molecule has 168 valence electrons. The lowest BCUT2D eigenvalue weighted by atomic mass is 9.76. The smallest absolute Gasteiger partial charge is 0.250 e. The van der Waals surface area contributed by atoms with E-state index in [0.29, 0.717) is 18.5 Å². The van der Waals surface area contributed by atoms with Crippen LogP contribution in [0.1, 0.15) is 31.4 Å². The van der Waals surface area contributed by atoms with Crippen molar-refractivity contribution in [2.75, 3.05) is 5.32 Å². The van der Waals surface area contributed by atoms with Crippen molar-refractivity contribution in [3.63, 3.8) is 0 Å². The Morgan fingerprint density at radius 3 is 2.61 bits per heavy atom. The Morgan fingerprint density at radius 2 is 1.79 bits per heavy atom. The summed E-state index contributed by atoms with van der Waals surface area (Å²) in [5.41, 5.74) is 2.29. The molecule has 3 N–H and O–H groups in total. The van der Waals surface area contributed by atoms with Crippen molar-refractivity contribution in [2.45, 2.75) is 44.3 Å². The quantitative estimate of drug-likeness (QED) is 0.542. The van der Waals surface area contributed by atoms with Crippen LogP contribution < -0.4 is 10.6 Å². The number of anilines is 1. The van der Waals surface area contributed by atoms with Crippen molar-refractivity contribution in [3.05, 3.63) is 65.9 Å². The van der Waals surface area contributed by atoms with E-state index in [4.69, 9.17) is 0 Å². The monoisotopic (exact) mass is 442 g/mol. The fourth-order valence-electron chi connectivity index (χ4n) is 6.11. The number of carbonyl (C=O) groups excluding carboxylic acids is 3. The summed E-state index contributed by atoms with van der Waals surface area (Å²) >= 11 is 0. The van der Waals surface area contributed by atoms with Gasteiger partial charge in [-0.2, -0.15) is 0 Å². The van der Waals surface area contributed by atoms with Crippen LogP contribution in [-0.2, 0) is 26.3 Å². The summed E-state index contributed by atoms with van der Waals surface area (Å²) in [6.07, 6.45) is 3.17. The summed E-state index contributed by atoms with van der Waals surface area (Å²) in [5, 5.41) is 7.56. The standard InChI is InChI=1S/C26H26N4O3/c1-3-14(2)30-23(31)21-20(12-15-13-27-18-10-6-4-8-16(15)18)29-26(22(21)24(30)32)17-9-5-7-11-19(17)28-25(26)33/h4-11,13-14,20-22,27,29H,3,12H2,1-2H3,(H,28,33)/t14-,20-,21-,22+,26+/m1/s1. The highest BCUT2D eigenvalue weighted by atomic mass is 16.2. The summed E-state index contributed by atoms with van der Waals surface area (Å²) in [7, 11) is 0. The van der Waals surface area contributed by atoms with E-state index in [1.807, 2.05) is 68.6 Å². The lowest BCUT2D eigenvalue weighted by molar-refractivity contribution is -0.145. The van der Waals surface area contributed by atoms with Gasteiger partial charge in [-0.15, -0.1) is 0 Å². The fourth-order valence-corrected chi connectivity index (χ4v) is 6.11. The minimum Gasteiger partial charge on any atom is -0.361 e. The molecule has 7 nitrogen and oxygen atoms in total. The number of benzene rings is 2. The number of fused-ring (bicyclic) bond motifs is 5. The molecule has 7 heteroatoms. The largest absolute Gasteiger partial charge is 0.361 e. The average molecular weight is 443 g/mol. The molecular formula is C26H26N4O3. The summed E-state index contributed by atoms with van der Waals surface area (Å²) < 4.78 is 0. The summed E-state index contributed by atoms with van der Waals surface area (Å²) in [6.45, 7) is 3.86. The van der Waals surface area contributed by atoms with Gasteiger partial charge in [-0.05, 0) is 37.5 Å². The molecule has 1 spiro atoms. The molecule has 33 heavy (non-hydrogen) atoms. The minimum absolute atomic E-state index is 0.175. The van der Waals surface area contributed by atoms with Gasteiger partial charge in [0.05, 0.1) is 11.8 Å². The molecule has 3 amide bonds. The van der Waals surface area contributed by atoms with Crippen LogP contribution in [0, 0.1) is 11.8 Å². The van der Waals surface area contributed by atoms with Crippen LogP contribution in [-0.4, -0.2) is 39.7 Å². The molecular weight excluding hydrogens is 416 g/mol. The molecule has 6 rings (SSSR count). The molecule has 2 fully saturated rings. The highest BCUT2D eigenvalue weighted by Gasteiger charge is 2.70. The Morgan fingerprint density at radius 1 is 1.03 bits per heavy atom. The SMILES string of the molecule is CC[C@@H](C)N1C(=O)[C@H]2[C@@H](C1=O)[C@]1(N[C@@H]2Cc2c[nH]c3ccccc23)C(=O)Nc2ccccc21. The number of nitrogens with one attached hydrogen (secondary N) is 3. The van der Waals surface area contributed by atoms with Crippen LogP contribution >= 0.6 is 0 Å². The summed E-state index contributed by atoms with van der Waals surface area (Å²) in [6, 6.07) is 14.9. The van der Waals surface area contributed by atoms with E-state index in [9.17, 15) is 14.4 Å².